The van der Waals surface area contributed by atoms with Gasteiger partial charge in [-0.3, -0.25) is 0 Å². The molecule has 2 unspecified atom stereocenters. The molecule has 0 spiro atoms. The van der Waals surface area contributed by atoms with Gasteiger partial charge in [0.25, 0.3) is 0 Å². The van der Waals surface area contributed by atoms with E-state index in [1.165, 1.54) is 0 Å². The van der Waals surface area contributed by atoms with E-state index in [0.717, 1.165) is 5.56 Å². The lowest BCUT2D eigenvalue weighted by Crippen LogP contribution is -2.56. The van der Waals surface area contributed by atoms with Crippen LogP contribution in [0.4, 0.5) is 4.79 Å². The van der Waals surface area contributed by atoms with Crippen molar-refractivity contribution in [1.82, 2.24) is 10.2 Å². The van der Waals surface area contributed by atoms with E-state index in [2.05, 4.69) is 19.2 Å². The Balaban J connectivity index is 1.97. The molecule has 4 heteroatoms. The molecule has 1 aromatic carbocycles. The van der Waals surface area contributed by atoms with Crippen molar-refractivity contribution in [2.45, 2.75) is 32.9 Å². The fourth-order valence-electron chi connectivity index (χ4n) is 2.25. The second-order valence-electron chi connectivity index (χ2n) is 5.05. The largest absolute Gasteiger partial charge is 0.415 e. The van der Waals surface area contributed by atoms with Gasteiger partial charge in [-0.05, 0) is 32.9 Å². The quantitative estimate of drug-likeness (QED) is 0.828. The van der Waals surface area contributed by atoms with Gasteiger partial charge >= 0.3 is 6.09 Å². The van der Waals surface area contributed by atoms with Crippen LogP contribution < -0.4 is 10.1 Å². The van der Waals surface area contributed by atoms with Crippen LogP contribution in [0.1, 0.15) is 19.4 Å². The third-order valence-corrected chi connectivity index (χ3v) is 3.04. The summed E-state index contributed by atoms with van der Waals surface area (Å²) < 4.78 is 5.36. The summed E-state index contributed by atoms with van der Waals surface area (Å²) in [6.45, 7) is 7.53. The van der Waals surface area contributed by atoms with Crippen molar-refractivity contribution in [2.75, 3.05) is 13.1 Å². The van der Waals surface area contributed by atoms with E-state index in [-0.39, 0.29) is 6.09 Å². The van der Waals surface area contributed by atoms with E-state index in [4.69, 9.17) is 4.74 Å². The minimum Gasteiger partial charge on any atom is -0.410 e. The lowest BCUT2D eigenvalue weighted by molar-refractivity contribution is 0.126. The fourth-order valence-corrected chi connectivity index (χ4v) is 2.25. The maximum atomic E-state index is 12.0. The van der Waals surface area contributed by atoms with Crippen LogP contribution in [-0.4, -0.2) is 36.2 Å². The number of hydrogen-bond donors (Lipinski definition) is 1. The number of piperazine rings is 1. The van der Waals surface area contributed by atoms with Crippen LogP contribution in [0.2, 0.25) is 0 Å². The van der Waals surface area contributed by atoms with Gasteiger partial charge in [-0.25, -0.2) is 4.79 Å². The molecule has 1 aliphatic rings. The van der Waals surface area contributed by atoms with Gasteiger partial charge in [0.05, 0.1) is 0 Å². The summed E-state index contributed by atoms with van der Waals surface area (Å²) in [5.41, 5.74) is 1.15. The predicted octanol–water partition coefficient (Wildman–Crippen LogP) is 2.18. The maximum absolute atomic E-state index is 12.0. The number of aryl methyl sites for hydroxylation is 1. The molecule has 0 aromatic heterocycles. The summed E-state index contributed by atoms with van der Waals surface area (Å²) in [5.74, 6) is 0.601. The highest BCUT2D eigenvalue weighted by Gasteiger charge is 2.25. The van der Waals surface area contributed by atoms with Crippen LogP contribution in [0, 0.1) is 6.92 Å². The Bertz CT molecular complexity index is 406. The average Bonchev–Trinajstić information content (AvgIpc) is 2.31. The van der Waals surface area contributed by atoms with Crippen molar-refractivity contribution in [2.24, 2.45) is 0 Å². The lowest BCUT2D eigenvalue weighted by Gasteiger charge is -2.35. The van der Waals surface area contributed by atoms with Gasteiger partial charge in [-0.2, -0.15) is 0 Å². The molecule has 1 aliphatic heterocycles. The van der Waals surface area contributed by atoms with Crippen molar-refractivity contribution in [1.29, 1.82) is 0 Å². The van der Waals surface area contributed by atoms with Crippen molar-refractivity contribution < 1.29 is 9.53 Å². The average molecular weight is 248 g/mol. The van der Waals surface area contributed by atoms with Gasteiger partial charge in [-0.1, -0.05) is 17.7 Å². The van der Waals surface area contributed by atoms with Gasteiger partial charge in [0, 0.05) is 25.2 Å². The first-order valence-electron chi connectivity index (χ1n) is 6.34. The highest BCUT2D eigenvalue weighted by atomic mass is 16.6. The Morgan fingerprint density at radius 3 is 2.33 bits per heavy atom. The number of ether oxygens (including phenoxy) is 1. The first-order chi connectivity index (χ1) is 8.54. The number of carbonyl (C=O) groups is 1. The molecule has 4 nitrogen and oxygen atoms in total. The molecule has 1 amide bonds. The highest BCUT2D eigenvalue weighted by Crippen LogP contribution is 2.14. The number of rotatable bonds is 1. The van der Waals surface area contributed by atoms with Crippen LogP contribution in [0.15, 0.2) is 24.3 Å². The van der Waals surface area contributed by atoms with Crippen molar-refractivity contribution in [3.05, 3.63) is 29.8 Å². The summed E-state index contributed by atoms with van der Waals surface area (Å²) >= 11 is 0. The first-order valence-corrected chi connectivity index (χ1v) is 6.34. The number of carbonyl (C=O) groups excluding carboxylic acids is 1. The van der Waals surface area contributed by atoms with Crippen molar-refractivity contribution in [3.63, 3.8) is 0 Å². The summed E-state index contributed by atoms with van der Waals surface area (Å²) in [4.78, 5) is 13.8. The van der Waals surface area contributed by atoms with E-state index >= 15 is 0 Å². The topological polar surface area (TPSA) is 41.6 Å². The zero-order chi connectivity index (χ0) is 13.1. The van der Waals surface area contributed by atoms with Gasteiger partial charge in [0.2, 0.25) is 0 Å². The molecule has 18 heavy (non-hydrogen) atoms. The van der Waals surface area contributed by atoms with Crippen LogP contribution >= 0.6 is 0 Å². The number of nitrogens with one attached hydrogen (secondary N) is 1. The van der Waals surface area contributed by atoms with Gasteiger partial charge in [0.1, 0.15) is 5.75 Å². The zero-order valence-corrected chi connectivity index (χ0v) is 11.1. The number of benzene rings is 1. The zero-order valence-electron chi connectivity index (χ0n) is 11.1. The Labute approximate surface area is 108 Å². The molecule has 0 saturated carbocycles. The van der Waals surface area contributed by atoms with Gasteiger partial charge in [0.15, 0.2) is 0 Å². The van der Waals surface area contributed by atoms with Gasteiger partial charge < -0.3 is 15.0 Å². The Morgan fingerprint density at radius 2 is 1.78 bits per heavy atom. The Morgan fingerprint density at radius 1 is 1.22 bits per heavy atom. The van der Waals surface area contributed by atoms with Gasteiger partial charge in [-0.15, -0.1) is 0 Å². The van der Waals surface area contributed by atoms with E-state index in [1.54, 1.807) is 4.90 Å². The second kappa shape index (κ2) is 5.40. The third-order valence-electron chi connectivity index (χ3n) is 3.04. The standard InChI is InChI=1S/C14H20N2O2/c1-10-4-6-13(7-5-10)18-14(17)16-8-11(2)15-12(3)9-16/h4-7,11-12,15H,8-9H2,1-3H3. The molecule has 1 fully saturated rings. The molecule has 0 bridgehead atoms. The number of nitrogens with zero attached hydrogens (tertiary/aromatic N) is 1. The van der Waals surface area contributed by atoms with Crippen LogP contribution in [0.3, 0.4) is 0 Å². The molecule has 1 aromatic rings. The van der Waals surface area contributed by atoms with Crippen molar-refractivity contribution >= 4 is 6.09 Å². The molecule has 1 saturated heterocycles. The molecular weight excluding hydrogens is 228 g/mol. The SMILES string of the molecule is Cc1ccc(OC(=O)N2CC(C)NC(C)C2)cc1. The molecule has 0 aliphatic carbocycles. The van der Waals surface area contributed by atoms with E-state index in [9.17, 15) is 4.79 Å². The fraction of sp³-hybridized carbons (Fsp3) is 0.500. The summed E-state index contributed by atoms with van der Waals surface area (Å²) in [7, 11) is 0. The molecule has 1 heterocycles. The number of hydrogen-bond acceptors (Lipinski definition) is 3. The second-order valence-corrected chi connectivity index (χ2v) is 5.05. The first kappa shape index (κ1) is 12.9. The smallest absolute Gasteiger partial charge is 0.410 e. The highest BCUT2D eigenvalue weighted by molar-refractivity contribution is 5.71. The minimum absolute atomic E-state index is 0.265. The third kappa shape index (κ3) is 3.23. The van der Waals surface area contributed by atoms with Crippen molar-refractivity contribution in [3.8, 4) is 5.75 Å². The Hall–Kier alpha value is -1.55. The monoisotopic (exact) mass is 248 g/mol. The summed E-state index contributed by atoms with van der Waals surface area (Å²) in [5, 5.41) is 3.39. The maximum Gasteiger partial charge on any atom is 0.415 e. The molecule has 98 valence electrons. The normalized spacial score (nSPS) is 23.8. The summed E-state index contributed by atoms with van der Waals surface area (Å²) in [6, 6.07) is 8.13. The predicted molar refractivity (Wildman–Crippen MR) is 70.8 cm³/mol. The van der Waals surface area contributed by atoms with E-state index < -0.39 is 0 Å². The molecule has 1 N–H and O–H groups in total. The van der Waals surface area contributed by atoms with Crippen LogP contribution in [0.25, 0.3) is 0 Å². The van der Waals surface area contributed by atoms with Crippen LogP contribution in [-0.2, 0) is 0 Å². The molecule has 2 rings (SSSR count). The molecule has 2 atom stereocenters. The lowest BCUT2D eigenvalue weighted by atomic mass is 10.2. The number of amides is 1. The van der Waals surface area contributed by atoms with E-state index in [0.29, 0.717) is 30.9 Å². The molecular formula is C14H20N2O2. The Kier molecular flexibility index (Phi) is 3.87. The van der Waals surface area contributed by atoms with Crippen LogP contribution in [0.5, 0.6) is 5.75 Å². The molecule has 0 radical (unpaired) electrons. The minimum atomic E-state index is -0.265. The van der Waals surface area contributed by atoms with E-state index in [1.807, 2.05) is 31.2 Å². The summed E-state index contributed by atoms with van der Waals surface area (Å²) in [6.07, 6.45) is -0.265.